The van der Waals surface area contributed by atoms with E-state index >= 15 is 0 Å². The number of nitrogens with one attached hydrogen (secondary N) is 1. The minimum absolute atomic E-state index is 0.0447. The Bertz CT molecular complexity index is 800. The molecule has 0 bridgehead atoms. The molecule has 3 rings (SSSR count). The molecule has 0 radical (unpaired) electrons. The number of anilines is 2. The van der Waals surface area contributed by atoms with E-state index in [1.807, 2.05) is 31.2 Å². The second-order valence-corrected chi connectivity index (χ2v) is 7.32. The highest BCUT2D eigenvalue weighted by Gasteiger charge is 2.18. The zero-order chi connectivity index (χ0) is 19.9. The number of ketones is 1. The Balaban J connectivity index is 1.46. The number of nitrogens with zero attached hydrogens (tertiary/aromatic N) is 1. The fourth-order valence-corrected chi connectivity index (χ4v) is 3.42. The number of amides is 1. The van der Waals surface area contributed by atoms with Gasteiger partial charge < -0.3 is 15.0 Å². The van der Waals surface area contributed by atoms with Gasteiger partial charge in [0.1, 0.15) is 5.75 Å². The van der Waals surface area contributed by atoms with Gasteiger partial charge in [-0.2, -0.15) is 0 Å². The number of hydrogen-bond donors (Lipinski definition) is 1. The van der Waals surface area contributed by atoms with E-state index in [0.29, 0.717) is 12.2 Å². The standard InChI is InChI=1S/C23H28N2O3/c1-3-28-21-10-4-18(5-11-21)22(26)12-13-23(27)24-19-6-8-20(9-7-19)25-15-14-17(2)16-25/h4-11,17H,3,12-16H2,1-2H3,(H,24,27). The third-order valence-corrected chi connectivity index (χ3v) is 5.01. The van der Waals surface area contributed by atoms with Gasteiger partial charge in [0.05, 0.1) is 6.61 Å². The molecule has 0 aliphatic carbocycles. The fraction of sp³-hybridized carbons (Fsp3) is 0.391. The lowest BCUT2D eigenvalue weighted by Gasteiger charge is -2.18. The third-order valence-electron chi connectivity index (χ3n) is 5.01. The van der Waals surface area contributed by atoms with Crippen LogP contribution in [0.2, 0.25) is 0 Å². The van der Waals surface area contributed by atoms with Gasteiger partial charge >= 0.3 is 0 Å². The van der Waals surface area contributed by atoms with Crippen LogP contribution in [0.1, 0.15) is 43.5 Å². The van der Waals surface area contributed by atoms with Crippen molar-refractivity contribution in [2.75, 3.05) is 29.9 Å². The molecule has 2 aromatic rings. The Hall–Kier alpha value is -2.82. The molecule has 1 saturated heterocycles. The summed E-state index contributed by atoms with van der Waals surface area (Å²) in [5.74, 6) is 1.27. The summed E-state index contributed by atoms with van der Waals surface area (Å²) in [5, 5.41) is 2.87. The molecule has 1 amide bonds. The van der Waals surface area contributed by atoms with Crippen LogP contribution in [0.5, 0.6) is 5.75 Å². The number of benzene rings is 2. The Morgan fingerprint density at radius 2 is 1.79 bits per heavy atom. The van der Waals surface area contributed by atoms with Crippen LogP contribution in [0.3, 0.4) is 0 Å². The van der Waals surface area contributed by atoms with Crippen LogP contribution in [-0.2, 0) is 4.79 Å². The van der Waals surface area contributed by atoms with Crippen LogP contribution in [0.4, 0.5) is 11.4 Å². The van der Waals surface area contributed by atoms with Crippen LogP contribution in [0, 0.1) is 5.92 Å². The molecule has 1 atom stereocenters. The van der Waals surface area contributed by atoms with Crippen molar-refractivity contribution < 1.29 is 14.3 Å². The largest absolute Gasteiger partial charge is 0.494 e. The summed E-state index contributed by atoms with van der Waals surface area (Å²) < 4.78 is 5.37. The first-order valence-electron chi connectivity index (χ1n) is 9.96. The highest BCUT2D eigenvalue weighted by Crippen LogP contribution is 2.25. The molecule has 5 nitrogen and oxygen atoms in total. The van der Waals surface area contributed by atoms with Gasteiger partial charge in [-0.1, -0.05) is 6.92 Å². The van der Waals surface area contributed by atoms with Crippen LogP contribution in [0.15, 0.2) is 48.5 Å². The first-order valence-corrected chi connectivity index (χ1v) is 9.96. The van der Waals surface area contributed by atoms with Gasteiger partial charge in [0.15, 0.2) is 5.78 Å². The van der Waals surface area contributed by atoms with E-state index in [-0.39, 0.29) is 24.5 Å². The Morgan fingerprint density at radius 1 is 1.07 bits per heavy atom. The number of rotatable bonds is 8. The Morgan fingerprint density at radius 3 is 2.39 bits per heavy atom. The molecule has 28 heavy (non-hydrogen) atoms. The number of ether oxygens (including phenoxy) is 1. The highest BCUT2D eigenvalue weighted by molar-refractivity contribution is 6.00. The van der Waals surface area contributed by atoms with Crippen molar-refractivity contribution in [3.05, 3.63) is 54.1 Å². The van der Waals surface area contributed by atoms with Gasteiger partial charge in [0, 0.05) is 42.9 Å². The van der Waals surface area contributed by atoms with Crippen molar-refractivity contribution >= 4 is 23.1 Å². The number of hydrogen-bond acceptors (Lipinski definition) is 4. The average Bonchev–Trinajstić information content (AvgIpc) is 3.14. The zero-order valence-corrected chi connectivity index (χ0v) is 16.6. The molecular weight excluding hydrogens is 352 g/mol. The molecule has 1 fully saturated rings. The zero-order valence-electron chi connectivity index (χ0n) is 16.6. The quantitative estimate of drug-likeness (QED) is 0.684. The Labute approximate surface area is 166 Å². The topological polar surface area (TPSA) is 58.6 Å². The van der Waals surface area contributed by atoms with Gasteiger partial charge in [-0.3, -0.25) is 9.59 Å². The molecule has 148 valence electrons. The number of Topliss-reactive ketones (excluding diaryl/α,β-unsaturated/α-hetero) is 1. The molecule has 1 aliphatic heterocycles. The molecule has 0 saturated carbocycles. The summed E-state index contributed by atoms with van der Waals surface area (Å²) in [6, 6.07) is 15.0. The van der Waals surface area contributed by atoms with Crippen molar-refractivity contribution in [3.63, 3.8) is 0 Å². The maximum atomic E-state index is 12.3. The van der Waals surface area contributed by atoms with Crippen LogP contribution in [0.25, 0.3) is 0 Å². The summed E-state index contributed by atoms with van der Waals surface area (Å²) >= 11 is 0. The molecule has 0 aromatic heterocycles. The predicted molar refractivity (Wildman–Crippen MR) is 112 cm³/mol. The molecule has 1 aliphatic rings. The lowest BCUT2D eigenvalue weighted by Crippen LogP contribution is -2.19. The maximum Gasteiger partial charge on any atom is 0.224 e. The van der Waals surface area contributed by atoms with Gasteiger partial charge in [0.2, 0.25) is 5.91 Å². The van der Waals surface area contributed by atoms with Crippen LogP contribution >= 0.6 is 0 Å². The molecule has 1 N–H and O–H groups in total. The summed E-state index contributed by atoms with van der Waals surface area (Å²) in [6.07, 6.45) is 1.57. The minimum Gasteiger partial charge on any atom is -0.494 e. The van der Waals surface area contributed by atoms with Gasteiger partial charge in [-0.25, -0.2) is 0 Å². The van der Waals surface area contributed by atoms with E-state index in [1.165, 1.54) is 12.1 Å². The highest BCUT2D eigenvalue weighted by atomic mass is 16.5. The van der Waals surface area contributed by atoms with Crippen molar-refractivity contribution in [2.45, 2.75) is 33.1 Å². The molecule has 2 aromatic carbocycles. The Kier molecular flexibility index (Phi) is 6.69. The van der Waals surface area contributed by atoms with E-state index in [1.54, 1.807) is 24.3 Å². The molecule has 0 spiro atoms. The smallest absolute Gasteiger partial charge is 0.224 e. The lowest BCUT2D eigenvalue weighted by atomic mass is 10.1. The van der Waals surface area contributed by atoms with Gasteiger partial charge in [-0.15, -0.1) is 0 Å². The normalized spacial score (nSPS) is 16.1. The van der Waals surface area contributed by atoms with E-state index in [0.717, 1.165) is 30.4 Å². The lowest BCUT2D eigenvalue weighted by molar-refractivity contribution is -0.116. The third kappa shape index (κ3) is 5.35. The van der Waals surface area contributed by atoms with Crippen molar-refractivity contribution in [1.82, 2.24) is 0 Å². The van der Waals surface area contributed by atoms with Crippen molar-refractivity contribution in [1.29, 1.82) is 0 Å². The molecule has 1 heterocycles. The summed E-state index contributed by atoms with van der Waals surface area (Å²) in [5.41, 5.74) is 2.54. The number of carbonyl (C=O) groups is 2. The van der Waals surface area contributed by atoms with Crippen LogP contribution < -0.4 is 15.0 Å². The van der Waals surface area contributed by atoms with E-state index in [2.05, 4.69) is 17.1 Å². The first-order chi connectivity index (χ1) is 13.5. The summed E-state index contributed by atoms with van der Waals surface area (Å²) in [4.78, 5) is 26.8. The fourth-order valence-electron chi connectivity index (χ4n) is 3.42. The van der Waals surface area contributed by atoms with E-state index in [4.69, 9.17) is 4.74 Å². The molecule has 5 heteroatoms. The predicted octanol–water partition coefficient (Wildman–Crippen LogP) is 4.53. The average molecular weight is 380 g/mol. The van der Waals surface area contributed by atoms with E-state index < -0.39 is 0 Å². The maximum absolute atomic E-state index is 12.3. The minimum atomic E-state index is -0.151. The van der Waals surface area contributed by atoms with Gasteiger partial charge in [-0.05, 0) is 67.8 Å². The summed E-state index contributed by atoms with van der Waals surface area (Å²) in [6.45, 7) is 6.94. The SMILES string of the molecule is CCOc1ccc(C(=O)CCC(=O)Nc2ccc(N3CCC(C)C3)cc2)cc1. The van der Waals surface area contributed by atoms with Crippen LogP contribution in [-0.4, -0.2) is 31.4 Å². The van der Waals surface area contributed by atoms with Gasteiger partial charge in [0.25, 0.3) is 0 Å². The molecule has 1 unspecified atom stereocenters. The first kappa shape index (κ1) is 19.9. The number of carbonyl (C=O) groups excluding carboxylic acids is 2. The second kappa shape index (κ2) is 9.40. The second-order valence-electron chi connectivity index (χ2n) is 7.32. The summed E-state index contributed by atoms with van der Waals surface area (Å²) in [7, 11) is 0. The van der Waals surface area contributed by atoms with Crippen molar-refractivity contribution in [3.8, 4) is 5.75 Å². The van der Waals surface area contributed by atoms with E-state index in [9.17, 15) is 9.59 Å². The molecular formula is C23H28N2O3. The monoisotopic (exact) mass is 380 g/mol. The van der Waals surface area contributed by atoms with Crippen molar-refractivity contribution in [2.24, 2.45) is 5.92 Å².